The zero-order valence-electron chi connectivity index (χ0n) is 22.8. The van der Waals surface area contributed by atoms with Crippen LogP contribution in [0.3, 0.4) is 0 Å². The van der Waals surface area contributed by atoms with Crippen LogP contribution in [0.4, 0.5) is 14.5 Å². The molecule has 1 amide bonds. The minimum atomic E-state index is -0.797. The number of carbonyl (C=O) groups excluding carboxylic acids is 1. The third kappa shape index (κ3) is 6.34. The fourth-order valence-electron chi connectivity index (χ4n) is 4.47. The molecule has 0 spiro atoms. The highest BCUT2D eigenvalue weighted by Gasteiger charge is 2.18. The molecule has 0 aliphatic heterocycles. The minimum absolute atomic E-state index is 0.0829. The highest BCUT2D eigenvalue weighted by Crippen LogP contribution is 2.32. The molecule has 216 valence electrons. The van der Waals surface area contributed by atoms with E-state index in [1.54, 1.807) is 25.3 Å². The van der Waals surface area contributed by atoms with Crippen molar-refractivity contribution in [3.8, 4) is 22.6 Å². The van der Waals surface area contributed by atoms with Crippen molar-refractivity contribution in [1.82, 2.24) is 9.55 Å². The average molecular weight is 581 g/mol. The maximum Gasteiger partial charge on any atom is 0.267 e. The summed E-state index contributed by atoms with van der Waals surface area (Å²) in [5.41, 5.74) is 2.35. The Kier molecular flexibility index (Phi) is 8.40. The number of benzene rings is 3. The molecule has 5 rings (SSSR count). The maximum atomic E-state index is 15.2. The van der Waals surface area contributed by atoms with Crippen molar-refractivity contribution >= 4 is 23.6 Å². The number of aliphatic hydroxyl groups excluding tert-OH is 1. The Morgan fingerprint density at radius 1 is 1.05 bits per heavy atom. The van der Waals surface area contributed by atoms with Gasteiger partial charge in [0.15, 0.2) is 17.3 Å². The van der Waals surface area contributed by atoms with E-state index >= 15 is 4.39 Å². The number of nitrogens with one attached hydrogen (secondary N) is 3. The van der Waals surface area contributed by atoms with Crippen molar-refractivity contribution in [2.75, 3.05) is 5.32 Å². The van der Waals surface area contributed by atoms with Crippen LogP contribution < -0.4 is 15.6 Å². The highest BCUT2D eigenvalue weighted by molar-refractivity contribution is 6.04. The molecule has 0 saturated carbocycles. The number of hydrogen-bond donors (Lipinski definition) is 4. The summed E-state index contributed by atoms with van der Waals surface area (Å²) in [4.78, 5) is 29.0. The smallest absolute Gasteiger partial charge is 0.267 e. The van der Waals surface area contributed by atoms with Crippen molar-refractivity contribution < 1.29 is 23.4 Å². The lowest BCUT2D eigenvalue weighted by Gasteiger charge is -2.14. The van der Waals surface area contributed by atoms with Gasteiger partial charge in [0, 0.05) is 47.7 Å². The van der Waals surface area contributed by atoms with Crippen LogP contribution in [-0.2, 0) is 0 Å². The van der Waals surface area contributed by atoms with Gasteiger partial charge in [-0.1, -0.05) is 18.2 Å². The van der Waals surface area contributed by atoms with Gasteiger partial charge >= 0.3 is 0 Å². The van der Waals surface area contributed by atoms with Crippen LogP contribution in [0.25, 0.3) is 22.6 Å². The van der Waals surface area contributed by atoms with Crippen molar-refractivity contribution in [2.45, 2.75) is 13.0 Å². The average Bonchev–Trinajstić information content (AvgIpc) is 3.49. The van der Waals surface area contributed by atoms with E-state index in [-0.39, 0.29) is 22.8 Å². The second-order valence-electron chi connectivity index (χ2n) is 9.54. The molecular formula is C33H26F2N4O4. The molecular weight excluding hydrogens is 554 g/mol. The first-order valence-electron chi connectivity index (χ1n) is 13.2. The number of halogens is 2. The molecule has 0 aliphatic carbocycles. The van der Waals surface area contributed by atoms with Crippen LogP contribution in [0.15, 0.2) is 108 Å². The first-order valence-corrected chi connectivity index (χ1v) is 13.2. The van der Waals surface area contributed by atoms with E-state index in [1.807, 2.05) is 18.2 Å². The van der Waals surface area contributed by atoms with Gasteiger partial charge in [0.25, 0.3) is 11.5 Å². The number of hydrogen-bond acceptors (Lipinski definition) is 5. The van der Waals surface area contributed by atoms with Gasteiger partial charge in [-0.05, 0) is 78.7 Å². The maximum absolute atomic E-state index is 15.2. The number of allylic oxidation sites excluding steroid dienone is 1. The number of aromatic amines is 1. The van der Waals surface area contributed by atoms with E-state index in [1.165, 1.54) is 65.4 Å². The zero-order chi connectivity index (χ0) is 30.5. The third-order valence-electron chi connectivity index (χ3n) is 6.61. The zero-order valence-corrected chi connectivity index (χ0v) is 22.8. The SMILES string of the molecule is CC(O)c1cccc(-c2cc[nH]c2/C(=C\C=N)Oc2ccc(NC(=O)c3cccn(-c4ccc(F)cc4)c3=O)cc2F)c1. The number of H-pyrrole nitrogens is 1. The summed E-state index contributed by atoms with van der Waals surface area (Å²) < 4.78 is 35.6. The molecule has 8 nitrogen and oxygen atoms in total. The molecule has 1 unspecified atom stereocenters. The minimum Gasteiger partial charge on any atom is -0.452 e. The third-order valence-corrected chi connectivity index (χ3v) is 6.61. The second-order valence-corrected chi connectivity index (χ2v) is 9.54. The summed E-state index contributed by atoms with van der Waals surface area (Å²) >= 11 is 0. The highest BCUT2D eigenvalue weighted by atomic mass is 19.1. The largest absolute Gasteiger partial charge is 0.452 e. The van der Waals surface area contributed by atoms with Crippen molar-refractivity contribution in [3.05, 3.63) is 142 Å². The Morgan fingerprint density at radius 2 is 1.84 bits per heavy atom. The molecule has 2 heterocycles. The lowest BCUT2D eigenvalue weighted by molar-refractivity contribution is 0.102. The van der Waals surface area contributed by atoms with Gasteiger partial charge in [-0.3, -0.25) is 14.2 Å². The molecule has 0 aliphatic rings. The van der Waals surface area contributed by atoms with Gasteiger partial charge in [0.2, 0.25) is 0 Å². The van der Waals surface area contributed by atoms with E-state index in [4.69, 9.17) is 10.1 Å². The number of amides is 1. The van der Waals surface area contributed by atoms with Crippen LogP contribution in [0.2, 0.25) is 0 Å². The van der Waals surface area contributed by atoms with E-state index in [2.05, 4.69) is 10.3 Å². The summed E-state index contributed by atoms with van der Waals surface area (Å²) in [6, 6.07) is 21.0. The number of rotatable bonds is 9. The molecule has 10 heteroatoms. The number of anilines is 1. The Labute approximate surface area is 245 Å². The molecule has 5 aromatic rings. The summed E-state index contributed by atoms with van der Waals surface area (Å²) in [5.74, 6) is -2.01. The molecule has 0 bridgehead atoms. The summed E-state index contributed by atoms with van der Waals surface area (Å²) in [7, 11) is 0. The molecule has 0 radical (unpaired) electrons. The van der Waals surface area contributed by atoms with E-state index in [0.29, 0.717) is 16.9 Å². The molecule has 43 heavy (non-hydrogen) atoms. The Bertz CT molecular complexity index is 1890. The Morgan fingerprint density at radius 3 is 2.56 bits per heavy atom. The molecule has 3 aromatic carbocycles. The van der Waals surface area contributed by atoms with E-state index < -0.39 is 29.2 Å². The molecule has 0 fully saturated rings. The quantitative estimate of drug-likeness (QED) is 0.118. The fourth-order valence-corrected chi connectivity index (χ4v) is 4.47. The van der Waals surface area contributed by atoms with E-state index in [0.717, 1.165) is 23.4 Å². The van der Waals surface area contributed by atoms with Crippen LogP contribution in [0.1, 0.15) is 34.6 Å². The fraction of sp³-hybridized carbons (Fsp3) is 0.0606. The van der Waals surface area contributed by atoms with Crippen LogP contribution in [0.5, 0.6) is 5.75 Å². The number of aliphatic hydroxyl groups is 1. The van der Waals surface area contributed by atoms with Crippen molar-refractivity contribution in [2.24, 2.45) is 0 Å². The lowest BCUT2D eigenvalue weighted by atomic mass is 10.0. The first-order chi connectivity index (χ1) is 20.7. The number of ether oxygens (including phenoxy) is 1. The number of pyridine rings is 1. The van der Waals surface area contributed by atoms with Gasteiger partial charge in [-0.15, -0.1) is 0 Å². The summed E-state index contributed by atoms with van der Waals surface area (Å²) in [6.45, 7) is 1.67. The van der Waals surface area contributed by atoms with Gasteiger partial charge < -0.3 is 25.6 Å². The summed E-state index contributed by atoms with van der Waals surface area (Å²) in [6.07, 6.45) is 4.85. The van der Waals surface area contributed by atoms with Crippen LogP contribution in [0, 0.1) is 17.0 Å². The molecule has 0 saturated heterocycles. The topological polar surface area (TPSA) is 120 Å². The monoisotopic (exact) mass is 580 g/mol. The van der Waals surface area contributed by atoms with Gasteiger partial charge in [0.1, 0.15) is 11.4 Å². The first kappa shape index (κ1) is 28.9. The standard InChI is InChI=1S/C33H26F2N4O4/c1-20(40)21-4-2-5-22(18-21)26-14-16-37-31(26)30(13-15-36)43-29-12-9-24(19-28(29)35)38-32(41)27-6-3-17-39(33(27)42)25-10-7-23(34)8-11-25/h2-20,36-37,40H,1H3,(H,38,41)/b30-13+,36-15?. The Hall–Kier alpha value is -5.61. The molecule has 4 N–H and O–H groups in total. The van der Waals surface area contributed by atoms with Gasteiger partial charge in [-0.2, -0.15) is 0 Å². The number of nitrogens with zero attached hydrogens (tertiary/aromatic N) is 1. The van der Waals surface area contributed by atoms with Crippen molar-refractivity contribution in [3.63, 3.8) is 0 Å². The molecule has 2 aromatic heterocycles. The van der Waals surface area contributed by atoms with E-state index in [9.17, 15) is 19.1 Å². The Balaban J connectivity index is 1.37. The lowest BCUT2D eigenvalue weighted by Crippen LogP contribution is -2.27. The molecule has 1 atom stereocenters. The van der Waals surface area contributed by atoms with Gasteiger partial charge in [0.05, 0.1) is 11.8 Å². The van der Waals surface area contributed by atoms with Gasteiger partial charge in [-0.25, -0.2) is 8.78 Å². The number of carbonyl (C=O) groups is 1. The van der Waals surface area contributed by atoms with Crippen LogP contribution in [-0.4, -0.2) is 26.8 Å². The van der Waals surface area contributed by atoms with Crippen LogP contribution >= 0.6 is 0 Å². The normalized spacial score (nSPS) is 12.0. The predicted molar refractivity (Wildman–Crippen MR) is 161 cm³/mol. The van der Waals surface area contributed by atoms with Crippen molar-refractivity contribution in [1.29, 1.82) is 5.41 Å². The summed E-state index contributed by atoms with van der Waals surface area (Å²) in [5, 5.41) is 20.1. The second kappa shape index (κ2) is 12.5. The predicted octanol–water partition coefficient (Wildman–Crippen LogP) is 6.49. The number of aromatic nitrogens is 2.